The maximum absolute atomic E-state index is 11.5. The largest absolute Gasteiger partial charge is 0.383 e. The van der Waals surface area contributed by atoms with E-state index in [9.17, 15) is 5.11 Å². The number of nitrogens with zero attached hydrogens (tertiary/aromatic N) is 2. The van der Waals surface area contributed by atoms with Crippen LogP contribution < -0.4 is 0 Å². The molecule has 3 atom stereocenters. The lowest BCUT2D eigenvalue weighted by molar-refractivity contribution is -0.0925. The van der Waals surface area contributed by atoms with E-state index in [1.807, 2.05) is 4.68 Å². The van der Waals surface area contributed by atoms with E-state index in [1.165, 1.54) is 6.42 Å². The Balaban J connectivity index is 2.46. The van der Waals surface area contributed by atoms with Gasteiger partial charge in [-0.15, -0.1) is 0 Å². The maximum atomic E-state index is 11.5. The highest BCUT2D eigenvalue weighted by molar-refractivity contribution is 6.31. The SMILES string of the molecule is CCCn1ncc(Cl)c1C1(O)CC(C)CCC1C(C)C. The van der Waals surface area contributed by atoms with E-state index in [0.29, 0.717) is 16.9 Å². The van der Waals surface area contributed by atoms with Crippen LogP contribution in [0, 0.1) is 17.8 Å². The Bertz CT molecular complexity index is 457. The van der Waals surface area contributed by atoms with E-state index in [-0.39, 0.29) is 5.92 Å². The van der Waals surface area contributed by atoms with Gasteiger partial charge in [-0.05, 0) is 37.0 Å². The van der Waals surface area contributed by atoms with Gasteiger partial charge in [0, 0.05) is 6.54 Å². The molecule has 1 aliphatic carbocycles. The van der Waals surface area contributed by atoms with Crippen molar-refractivity contribution in [1.82, 2.24) is 9.78 Å². The molecular formula is C16H27ClN2O. The van der Waals surface area contributed by atoms with Crippen LogP contribution in [0.15, 0.2) is 6.20 Å². The Morgan fingerprint density at radius 1 is 1.50 bits per heavy atom. The highest BCUT2D eigenvalue weighted by Gasteiger charge is 2.47. The van der Waals surface area contributed by atoms with Gasteiger partial charge in [0.15, 0.2) is 0 Å². The molecule has 1 N–H and O–H groups in total. The van der Waals surface area contributed by atoms with Gasteiger partial charge in [-0.2, -0.15) is 5.10 Å². The minimum atomic E-state index is -0.839. The van der Waals surface area contributed by atoms with E-state index in [4.69, 9.17) is 11.6 Å². The van der Waals surface area contributed by atoms with Crippen molar-refractivity contribution >= 4 is 11.6 Å². The quantitative estimate of drug-likeness (QED) is 0.903. The average Bonchev–Trinajstić information content (AvgIpc) is 2.71. The summed E-state index contributed by atoms with van der Waals surface area (Å²) in [6.07, 6.45) is 5.70. The molecule has 1 aromatic heterocycles. The summed E-state index contributed by atoms with van der Waals surface area (Å²) in [7, 11) is 0. The molecule has 0 spiro atoms. The Morgan fingerprint density at radius 3 is 2.80 bits per heavy atom. The first-order valence-electron chi connectivity index (χ1n) is 7.84. The summed E-state index contributed by atoms with van der Waals surface area (Å²) in [6, 6.07) is 0. The molecule has 0 amide bonds. The predicted molar refractivity (Wildman–Crippen MR) is 82.8 cm³/mol. The molecule has 20 heavy (non-hydrogen) atoms. The summed E-state index contributed by atoms with van der Waals surface area (Å²) < 4.78 is 1.91. The summed E-state index contributed by atoms with van der Waals surface area (Å²) >= 11 is 6.38. The molecule has 114 valence electrons. The van der Waals surface area contributed by atoms with Crippen LogP contribution in [0.3, 0.4) is 0 Å². The maximum Gasteiger partial charge on any atom is 0.111 e. The van der Waals surface area contributed by atoms with Crippen LogP contribution in [0.25, 0.3) is 0 Å². The number of rotatable bonds is 4. The van der Waals surface area contributed by atoms with Gasteiger partial charge < -0.3 is 5.11 Å². The molecule has 2 rings (SSSR count). The first kappa shape index (κ1) is 15.8. The smallest absolute Gasteiger partial charge is 0.111 e. The Labute approximate surface area is 127 Å². The van der Waals surface area contributed by atoms with Crippen LogP contribution in [0.1, 0.15) is 59.1 Å². The van der Waals surface area contributed by atoms with Crippen molar-refractivity contribution < 1.29 is 5.11 Å². The molecule has 1 fully saturated rings. The van der Waals surface area contributed by atoms with Crippen LogP contribution in [-0.2, 0) is 12.1 Å². The molecule has 4 heteroatoms. The fourth-order valence-electron chi connectivity index (χ4n) is 3.82. The van der Waals surface area contributed by atoms with Crippen LogP contribution in [0.4, 0.5) is 0 Å². The van der Waals surface area contributed by atoms with Gasteiger partial charge in [0.2, 0.25) is 0 Å². The van der Waals surface area contributed by atoms with Gasteiger partial charge >= 0.3 is 0 Å². The monoisotopic (exact) mass is 298 g/mol. The lowest BCUT2D eigenvalue weighted by atomic mass is 9.65. The van der Waals surface area contributed by atoms with Crippen LogP contribution in [0.5, 0.6) is 0 Å². The Kier molecular flexibility index (Phi) is 4.80. The molecule has 1 saturated carbocycles. The topological polar surface area (TPSA) is 38.0 Å². The number of aliphatic hydroxyl groups is 1. The first-order valence-corrected chi connectivity index (χ1v) is 8.22. The van der Waals surface area contributed by atoms with E-state index in [2.05, 4.69) is 32.8 Å². The highest BCUT2D eigenvalue weighted by Crippen LogP contribution is 2.48. The normalized spacial score (nSPS) is 30.9. The number of hydrogen-bond donors (Lipinski definition) is 1. The predicted octanol–water partition coefficient (Wildman–Crippen LogP) is 4.23. The van der Waals surface area contributed by atoms with Gasteiger partial charge in [-0.3, -0.25) is 4.68 Å². The first-order chi connectivity index (χ1) is 9.40. The number of aromatic nitrogens is 2. The second kappa shape index (κ2) is 6.07. The molecule has 1 aliphatic rings. The van der Waals surface area contributed by atoms with Crippen LogP contribution >= 0.6 is 11.6 Å². The minimum absolute atomic E-state index is 0.253. The summed E-state index contributed by atoms with van der Waals surface area (Å²) in [6.45, 7) is 9.53. The van der Waals surface area contributed by atoms with Crippen molar-refractivity contribution in [1.29, 1.82) is 0 Å². The van der Waals surface area contributed by atoms with Crippen molar-refractivity contribution in [2.75, 3.05) is 0 Å². The van der Waals surface area contributed by atoms with E-state index >= 15 is 0 Å². The van der Waals surface area contributed by atoms with Crippen molar-refractivity contribution in [2.24, 2.45) is 17.8 Å². The highest BCUT2D eigenvalue weighted by atomic mass is 35.5. The Hall–Kier alpha value is -0.540. The molecule has 3 unspecified atom stereocenters. The third-order valence-electron chi connectivity index (χ3n) is 4.69. The minimum Gasteiger partial charge on any atom is -0.383 e. The zero-order valence-corrected chi connectivity index (χ0v) is 13.8. The average molecular weight is 299 g/mol. The van der Waals surface area contributed by atoms with Gasteiger partial charge in [-0.1, -0.05) is 45.7 Å². The third kappa shape index (κ3) is 2.75. The summed E-state index contributed by atoms with van der Waals surface area (Å²) in [5.74, 6) is 1.22. The van der Waals surface area contributed by atoms with Crippen molar-refractivity contribution in [2.45, 2.75) is 65.5 Å². The summed E-state index contributed by atoms with van der Waals surface area (Å²) in [4.78, 5) is 0. The third-order valence-corrected chi connectivity index (χ3v) is 4.97. The summed E-state index contributed by atoms with van der Waals surface area (Å²) in [5.41, 5.74) is 0.000432. The van der Waals surface area contributed by atoms with E-state index < -0.39 is 5.60 Å². The van der Waals surface area contributed by atoms with Gasteiger partial charge in [0.05, 0.1) is 16.9 Å². The standard InChI is InChI=1S/C16H27ClN2O/c1-5-8-19-15(14(17)10-18-19)16(20)9-12(4)6-7-13(16)11(2)3/h10-13,20H,5-9H2,1-4H3. The number of aryl methyl sites for hydroxylation is 1. The Morgan fingerprint density at radius 2 is 2.20 bits per heavy atom. The van der Waals surface area contributed by atoms with E-state index in [1.54, 1.807) is 6.20 Å². The zero-order valence-electron chi connectivity index (χ0n) is 13.1. The van der Waals surface area contributed by atoms with Crippen LogP contribution in [0.2, 0.25) is 5.02 Å². The molecule has 0 saturated heterocycles. The fraction of sp³-hybridized carbons (Fsp3) is 0.812. The summed E-state index contributed by atoms with van der Waals surface area (Å²) in [5, 5.41) is 16.5. The molecule has 0 radical (unpaired) electrons. The molecule has 1 aromatic rings. The molecule has 1 heterocycles. The van der Waals surface area contributed by atoms with Gasteiger partial charge in [0.1, 0.15) is 5.60 Å². The van der Waals surface area contributed by atoms with Crippen LogP contribution in [-0.4, -0.2) is 14.9 Å². The van der Waals surface area contributed by atoms with Crippen molar-refractivity contribution in [3.63, 3.8) is 0 Å². The number of hydrogen-bond acceptors (Lipinski definition) is 2. The van der Waals surface area contributed by atoms with Gasteiger partial charge in [0.25, 0.3) is 0 Å². The lowest BCUT2D eigenvalue weighted by Gasteiger charge is -2.45. The fourth-order valence-corrected chi connectivity index (χ4v) is 4.12. The van der Waals surface area contributed by atoms with Crippen molar-refractivity contribution in [3.05, 3.63) is 16.9 Å². The zero-order chi connectivity index (χ0) is 14.9. The molecule has 3 nitrogen and oxygen atoms in total. The lowest BCUT2D eigenvalue weighted by Crippen LogP contribution is -2.44. The molecular weight excluding hydrogens is 272 g/mol. The second-order valence-corrected chi connectivity index (χ2v) is 7.13. The molecule has 0 bridgehead atoms. The van der Waals surface area contributed by atoms with E-state index in [0.717, 1.165) is 31.5 Å². The second-order valence-electron chi connectivity index (χ2n) is 6.73. The molecule has 0 aliphatic heterocycles. The van der Waals surface area contributed by atoms with Crippen molar-refractivity contribution in [3.8, 4) is 0 Å². The molecule has 0 aromatic carbocycles. The number of halogens is 1. The van der Waals surface area contributed by atoms with Gasteiger partial charge in [-0.25, -0.2) is 0 Å².